The summed E-state index contributed by atoms with van der Waals surface area (Å²) < 4.78 is 0. The average molecular weight is 259 g/mol. The van der Waals surface area contributed by atoms with E-state index in [0.29, 0.717) is 6.42 Å². The maximum atomic E-state index is 11.9. The first-order valence-electron chi connectivity index (χ1n) is 6.90. The number of hydrogen-bond acceptors (Lipinski definition) is 2. The van der Waals surface area contributed by atoms with Crippen LogP contribution >= 0.6 is 0 Å². The van der Waals surface area contributed by atoms with Gasteiger partial charge in [-0.3, -0.25) is 4.79 Å². The van der Waals surface area contributed by atoms with Crippen LogP contribution in [0.25, 0.3) is 6.08 Å². The van der Waals surface area contributed by atoms with Gasteiger partial charge in [-0.05, 0) is 18.4 Å². The Bertz CT molecular complexity index is 428. The highest BCUT2D eigenvalue weighted by atomic mass is 16.3. The zero-order chi connectivity index (χ0) is 13.5. The largest absolute Gasteiger partial charge is 0.396 e. The zero-order valence-electron chi connectivity index (χ0n) is 11.2. The summed E-state index contributed by atoms with van der Waals surface area (Å²) in [7, 11) is 0. The van der Waals surface area contributed by atoms with Crippen molar-refractivity contribution < 1.29 is 9.90 Å². The SMILES string of the molecule is O=C(CC/C=C/c1ccccc1)N1CCC(CO)C1. The molecule has 1 fully saturated rings. The number of carbonyl (C=O) groups excluding carboxylic acids is 1. The molecule has 0 saturated carbocycles. The van der Waals surface area contributed by atoms with E-state index < -0.39 is 0 Å². The van der Waals surface area contributed by atoms with Crippen molar-refractivity contribution in [3.05, 3.63) is 42.0 Å². The molecule has 0 spiro atoms. The molecular weight excluding hydrogens is 238 g/mol. The molecule has 1 unspecified atom stereocenters. The lowest BCUT2D eigenvalue weighted by atomic mass is 10.1. The fourth-order valence-corrected chi connectivity index (χ4v) is 2.36. The van der Waals surface area contributed by atoms with Crippen molar-refractivity contribution in [1.29, 1.82) is 0 Å². The number of aliphatic hydroxyl groups excluding tert-OH is 1. The molecule has 0 aliphatic carbocycles. The quantitative estimate of drug-likeness (QED) is 0.881. The molecule has 1 aromatic rings. The first-order valence-corrected chi connectivity index (χ1v) is 6.90. The third-order valence-electron chi connectivity index (χ3n) is 3.53. The van der Waals surface area contributed by atoms with E-state index in [9.17, 15) is 4.79 Å². The van der Waals surface area contributed by atoms with Gasteiger partial charge in [-0.2, -0.15) is 0 Å². The third-order valence-corrected chi connectivity index (χ3v) is 3.53. The van der Waals surface area contributed by atoms with Gasteiger partial charge in [0.15, 0.2) is 0 Å². The molecule has 1 atom stereocenters. The number of likely N-dealkylation sites (tertiary alicyclic amines) is 1. The summed E-state index contributed by atoms with van der Waals surface area (Å²) >= 11 is 0. The highest BCUT2D eigenvalue weighted by Crippen LogP contribution is 2.16. The molecule has 1 aromatic carbocycles. The van der Waals surface area contributed by atoms with E-state index in [1.165, 1.54) is 0 Å². The Morgan fingerprint density at radius 1 is 1.37 bits per heavy atom. The lowest BCUT2D eigenvalue weighted by Crippen LogP contribution is -2.28. The van der Waals surface area contributed by atoms with E-state index in [4.69, 9.17) is 5.11 Å². The van der Waals surface area contributed by atoms with Gasteiger partial charge in [0.1, 0.15) is 0 Å². The van der Waals surface area contributed by atoms with Crippen LogP contribution in [0.15, 0.2) is 36.4 Å². The van der Waals surface area contributed by atoms with E-state index in [-0.39, 0.29) is 18.4 Å². The summed E-state index contributed by atoms with van der Waals surface area (Å²) in [4.78, 5) is 13.8. The topological polar surface area (TPSA) is 40.5 Å². The van der Waals surface area contributed by atoms with Gasteiger partial charge in [-0.25, -0.2) is 0 Å². The number of rotatable bonds is 5. The van der Waals surface area contributed by atoms with E-state index in [2.05, 4.69) is 0 Å². The van der Waals surface area contributed by atoms with Crippen LogP contribution in [-0.2, 0) is 4.79 Å². The van der Waals surface area contributed by atoms with E-state index >= 15 is 0 Å². The van der Waals surface area contributed by atoms with Crippen LogP contribution < -0.4 is 0 Å². The Hall–Kier alpha value is -1.61. The summed E-state index contributed by atoms with van der Waals surface area (Å²) in [6, 6.07) is 10.1. The smallest absolute Gasteiger partial charge is 0.222 e. The summed E-state index contributed by atoms with van der Waals surface area (Å²) in [5.74, 6) is 0.484. The number of hydrogen-bond donors (Lipinski definition) is 1. The van der Waals surface area contributed by atoms with Crippen LogP contribution in [-0.4, -0.2) is 35.6 Å². The first kappa shape index (κ1) is 13.8. The molecule has 1 heterocycles. The minimum absolute atomic E-state index is 0.192. The highest BCUT2D eigenvalue weighted by Gasteiger charge is 2.24. The van der Waals surface area contributed by atoms with Crippen LogP contribution in [0.3, 0.4) is 0 Å². The molecule has 0 bridgehead atoms. The maximum absolute atomic E-state index is 11.9. The molecule has 1 amide bonds. The lowest BCUT2D eigenvalue weighted by Gasteiger charge is -2.15. The fraction of sp³-hybridized carbons (Fsp3) is 0.438. The van der Waals surface area contributed by atoms with Gasteiger partial charge in [-0.1, -0.05) is 42.5 Å². The van der Waals surface area contributed by atoms with Crippen LogP contribution in [0.2, 0.25) is 0 Å². The van der Waals surface area contributed by atoms with Crippen molar-refractivity contribution in [2.75, 3.05) is 19.7 Å². The van der Waals surface area contributed by atoms with Crippen LogP contribution in [0.1, 0.15) is 24.8 Å². The Labute approximate surface area is 114 Å². The molecule has 0 aromatic heterocycles. The van der Waals surface area contributed by atoms with Gasteiger partial charge in [0.25, 0.3) is 0 Å². The van der Waals surface area contributed by atoms with Crippen molar-refractivity contribution in [3.8, 4) is 0 Å². The monoisotopic (exact) mass is 259 g/mol. The predicted octanol–water partition coefficient (Wildman–Crippen LogP) is 2.32. The minimum atomic E-state index is 0.192. The summed E-state index contributed by atoms with van der Waals surface area (Å²) in [5, 5.41) is 9.06. The lowest BCUT2D eigenvalue weighted by molar-refractivity contribution is -0.130. The normalized spacial score (nSPS) is 19.2. The molecule has 19 heavy (non-hydrogen) atoms. The number of aliphatic hydroxyl groups is 1. The van der Waals surface area contributed by atoms with Crippen molar-refractivity contribution in [2.45, 2.75) is 19.3 Å². The predicted molar refractivity (Wildman–Crippen MR) is 76.5 cm³/mol. The Morgan fingerprint density at radius 3 is 2.84 bits per heavy atom. The molecule has 2 rings (SSSR count). The molecule has 102 valence electrons. The molecule has 3 nitrogen and oxygen atoms in total. The van der Waals surface area contributed by atoms with Gasteiger partial charge in [0.05, 0.1) is 0 Å². The first-order chi connectivity index (χ1) is 9.29. The standard InChI is InChI=1S/C16H21NO2/c18-13-15-10-11-17(12-15)16(19)9-5-4-8-14-6-2-1-3-7-14/h1-4,6-8,15,18H,5,9-13H2/b8-4+. The van der Waals surface area contributed by atoms with Crippen molar-refractivity contribution in [2.24, 2.45) is 5.92 Å². The molecular formula is C16H21NO2. The third kappa shape index (κ3) is 4.21. The Kier molecular flexibility index (Phi) is 5.16. The van der Waals surface area contributed by atoms with E-state index in [0.717, 1.165) is 31.5 Å². The van der Waals surface area contributed by atoms with Crippen molar-refractivity contribution >= 4 is 12.0 Å². The van der Waals surface area contributed by atoms with Gasteiger partial charge in [0.2, 0.25) is 5.91 Å². The average Bonchev–Trinajstić information content (AvgIpc) is 2.93. The van der Waals surface area contributed by atoms with E-state index in [1.54, 1.807) is 0 Å². The minimum Gasteiger partial charge on any atom is -0.396 e. The molecule has 3 heteroatoms. The number of carbonyl (C=O) groups is 1. The molecule has 1 N–H and O–H groups in total. The maximum Gasteiger partial charge on any atom is 0.222 e. The second-order valence-electron chi connectivity index (χ2n) is 5.03. The number of allylic oxidation sites excluding steroid dienone is 1. The number of benzene rings is 1. The van der Waals surface area contributed by atoms with Crippen molar-refractivity contribution in [3.63, 3.8) is 0 Å². The van der Waals surface area contributed by atoms with Gasteiger partial charge < -0.3 is 10.0 Å². The second-order valence-corrected chi connectivity index (χ2v) is 5.03. The zero-order valence-corrected chi connectivity index (χ0v) is 11.2. The summed E-state index contributed by atoms with van der Waals surface area (Å²) in [6.07, 6.45) is 6.36. The molecule has 0 radical (unpaired) electrons. The number of amides is 1. The van der Waals surface area contributed by atoms with E-state index in [1.807, 2.05) is 47.4 Å². The van der Waals surface area contributed by atoms with Crippen molar-refractivity contribution in [1.82, 2.24) is 4.90 Å². The molecule has 1 aliphatic heterocycles. The number of nitrogens with zero attached hydrogens (tertiary/aromatic N) is 1. The Morgan fingerprint density at radius 2 is 2.16 bits per heavy atom. The Balaban J connectivity index is 1.71. The van der Waals surface area contributed by atoms with Crippen LogP contribution in [0.5, 0.6) is 0 Å². The molecule has 1 aliphatic rings. The van der Waals surface area contributed by atoms with Crippen LogP contribution in [0.4, 0.5) is 0 Å². The fourth-order valence-electron chi connectivity index (χ4n) is 2.36. The van der Waals surface area contributed by atoms with Gasteiger partial charge >= 0.3 is 0 Å². The molecule has 1 saturated heterocycles. The van der Waals surface area contributed by atoms with Crippen LogP contribution in [0, 0.1) is 5.92 Å². The summed E-state index contributed by atoms with van der Waals surface area (Å²) in [5.41, 5.74) is 1.16. The second kappa shape index (κ2) is 7.10. The highest BCUT2D eigenvalue weighted by molar-refractivity contribution is 5.76. The van der Waals surface area contributed by atoms with Gasteiger partial charge in [-0.15, -0.1) is 0 Å². The summed E-state index contributed by atoms with van der Waals surface area (Å²) in [6.45, 7) is 1.71. The van der Waals surface area contributed by atoms with Gasteiger partial charge in [0, 0.05) is 32.0 Å².